The Morgan fingerprint density at radius 3 is 3.21 bits per heavy atom. The third-order valence-electron chi connectivity index (χ3n) is 2.37. The van der Waals surface area contributed by atoms with Gasteiger partial charge in [-0.25, -0.2) is 0 Å². The molecule has 0 saturated heterocycles. The van der Waals surface area contributed by atoms with Gasteiger partial charge >= 0.3 is 0 Å². The van der Waals surface area contributed by atoms with Crippen LogP contribution in [0.4, 0.5) is 0 Å². The van der Waals surface area contributed by atoms with E-state index in [2.05, 4.69) is 11.0 Å². The summed E-state index contributed by atoms with van der Waals surface area (Å²) in [4.78, 5) is 0. The minimum absolute atomic E-state index is 0.0323. The van der Waals surface area contributed by atoms with Crippen LogP contribution >= 0.6 is 11.8 Å². The van der Waals surface area contributed by atoms with Gasteiger partial charge in [0.05, 0.1) is 18.0 Å². The fraction of sp³-hybridized carbons (Fsp3) is 0.500. The molecule has 1 aliphatic rings. The normalized spacial score (nSPS) is 14.9. The average molecular weight is 208 g/mol. The molecule has 4 heteroatoms. The Balaban J connectivity index is 2.42. The average Bonchev–Trinajstić information content (AvgIpc) is 2.55. The zero-order chi connectivity index (χ0) is 9.97. The first-order valence-corrected chi connectivity index (χ1v) is 5.71. The lowest BCUT2D eigenvalue weighted by molar-refractivity contribution is 0.268. The van der Waals surface area contributed by atoms with Gasteiger partial charge in [0, 0.05) is 17.7 Å². The lowest BCUT2D eigenvalue weighted by Crippen LogP contribution is -2.04. The third kappa shape index (κ3) is 1.54. The van der Waals surface area contributed by atoms with Gasteiger partial charge in [-0.15, -0.1) is 6.42 Å². The van der Waals surface area contributed by atoms with E-state index in [4.69, 9.17) is 6.42 Å². The molecule has 0 atom stereocenters. The second-order valence-electron chi connectivity index (χ2n) is 3.19. The number of thioether (sulfide) groups is 1. The Kier molecular flexibility index (Phi) is 2.80. The minimum Gasteiger partial charge on any atom is -0.390 e. The Morgan fingerprint density at radius 1 is 1.64 bits per heavy atom. The fourth-order valence-electron chi connectivity index (χ4n) is 1.69. The molecule has 0 spiro atoms. The summed E-state index contributed by atoms with van der Waals surface area (Å²) in [5.74, 6) is 4.62. The largest absolute Gasteiger partial charge is 0.390 e. The molecule has 1 N–H and O–H groups in total. The Bertz CT molecular complexity index is 378. The summed E-state index contributed by atoms with van der Waals surface area (Å²) in [5.41, 5.74) is 3.20. The summed E-state index contributed by atoms with van der Waals surface area (Å²) in [6.45, 7) is 0.484. The summed E-state index contributed by atoms with van der Waals surface area (Å²) in [5, 5.41) is 13.7. The van der Waals surface area contributed by atoms with E-state index in [-0.39, 0.29) is 6.61 Å². The van der Waals surface area contributed by atoms with Gasteiger partial charge in [0.15, 0.2) is 0 Å². The van der Waals surface area contributed by atoms with Crippen LogP contribution in [0.3, 0.4) is 0 Å². The molecule has 0 bridgehead atoms. The summed E-state index contributed by atoms with van der Waals surface area (Å²) in [7, 11) is 0. The van der Waals surface area contributed by atoms with Gasteiger partial charge in [-0.3, -0.25) is 4.68 Å². The van der Waals surface area contributed by atoms with Crippen molar-refractivity contribution in [3.05, 3.63) is 17.0 Å². The second-order valence-corrected chi connectivity index (χ2v) is 4.30. The van der Waals surface area contributed by atoms with Crippen molar-refractivity contribution in [2.75, 3.05) is 5.75 Å². The fourth-order valence-corrected chi connectivity index (χ4v) is 2.71. The molecule has 0 aromatic carbocycles. The lowest BCUT2D eigenvalue weighted by Gasteiger charge is -2.09. The Labute approximate surface area is 87.5 Å². The molecule has 0 amide bonds. The minimum atomic E-state index is 0.0323. The first kappa shape index (κ1) is 9.63. The Hall–Kier alpha value is -0.920. The number of terminal acetylenes is 1. The maximum atomic E-state index is 9.25. The van der Waals surface area contributed by atoms with Crippen molar-refractivity contribution in [2.45, 2.75) is 25.3 Å². The van der Waals surface area contributed by atoms with Gasteiger partial charge in [-0.2, -0.15) is 16.9 Å². The molecule has 3 nitrogen and oxygen atoms in total. The van der Waals surface area contributed by atoms with Gasteiger partial charge in [0.2, 0.25) is 0 Å². The summed E-state index contributed by atoms with van der Waals surface area (Å²) < 4.78 is 1.75. The number of nitrogens with zero attached hydrogens (tertiary/aromatic N) is 2. The summed E-state index contributed by atoms with van der Waals surface area (Å²) >= 11 is 1.88. The van der Waals surface area contributed by atoms with Gasteiger partial charge in [-0.05, 0) is 5.75 Å². The molecule has 0 radical (unpaired) electrons. The molecule has 14 heavy (non-hydrogen) atoms. The molecule has 0 fully saturated rings. The highest BCUT2D eigenvalue weighted by atomic mass is 32.2. The van der Waals surface area contributed by atoms with E-state index >= 15 is 0 Å². The van der Waals surface area contributed by atoms with Crippen LogP contribution in [-0.2, 0) is 25.3 Å². The quantitative estimate of drug-likeness (QED) is 0.730. The highest BCUT2D eigenvalue weighted by Gasteiger charge is 2.19. The smallest absolute Gasteiger partial charge is 0.102 e. The zero-order valence-corrected chi connectivity index (χ0v) is 8.68. The van der Waals surface area contributed by atoms with Crippen molar-refractivity contribution in [3.8, 4) is 12.3 Å². The maximum Gasteiger partial charge on any atom is 0.102 e. The molecule has 74 valence electrons. The number of rotatable bonds is 2. The highest BCUT2D eigenvalue weighted by Crippen LogP contribution is 2.26. The SMILES string of the molecule is C#CCn1nc2c(c1CO)CSCC2. The van der Waals surface area contributed by atoms with Crippen LogP contribution in [0, 0.1) is 12.3 Å². The van der Waals surface area contributed by atoms with Crippen LogP contribution in [0.25, 0.3) is 0 Å². The van der Waals surface area contributed by atoms with E-state index in [0.717, 1.165) is 29.3 Å². The van der Waals surface area contributed by atoms with E-state index in [1.807, 2.05) is 11.8 Å². The van der Waals surface area contributed by atoms with E-state index in [0.29, 0.717) is 6.54 Å². The monoisotopic (exact) mass is 208 g/mol. The summed E-state index contributed by atoms with van der Waals surface area (Å²) in [6, 6.07) is 0. The summed E-state index contributed by atoms with van der Waals surface area (Å²) in [6.07, 6.45) is 6.23. The van der Waals surface area contributed by atoms with E-state index in [9.17, 15) is 5.11 Å². The number of hydrogen-bond donors (Lipinski definition) is 1. The molecule has 2 heterocycles. The molecule has 0 aliphatic carbocycles. The molecular formula is C10H12N2OS. The van der Waals surface area contributed by atoms with Crippen molar-refractivity contribution >= 4 is 11.8 Å². The van der Waals surface area contributed by atoms with Gasteiger partial charge in [0.25, 0.3) is 0 Å². The predicted molar refractivity (Wildman–Crippen MR) is 56.8 cm³/mol. The lowest BCUT2D eigenvalue weighted by atomic mass is 10.1. The standard InChI is InChI=1S/C10H12N2OS/c1-2-4-12-10(6-13)8-7-14-5-3-9(8)11-12/h1,13H,3-7H2. The first-order valence-electron chi connectivity index (χ1n) is 4.56. The molecule has 2 rings (SSSR count). The number of aliphatic hydroxyl groups excluding tert-OH is 1. The Morgan fingerprint density at radius 2 is 2.50 bits per heavy atom. The zero-order valence-electron chi connectivity index (χ0n) is 7.86. The molecule has 0 unspecified atom stereocenters. The van der Waals surface area contributed by atoms with Gasteiger partial charge in [0.1, 0.15) is 6.54 Å². The van der Waals surface area contributed by atoms with Crippen molar-refractivity contribution in [3.63, 3.8) is 0 Å². The van der Waals surface area contributed by atoms with Crippen LogP contribution in [-0.4, -0.2) is 20.6 Å². The highest BCUT2D eigenvalue weighted by molar-refractivity contribution is 7.98. The van der Waals surface area contributed by atoms with E-state index in [1.54, 1.807) is 4.68 Å². The first-order chi connectivity index (χ1) is 6.86. The molecule has 1 aromatic heterocycles. The maximum absolute atomic E-state index is 9.25. The number of aryl methyl sites for hydroxylation is 1. The van der Waals surface area contributed by atoms with Gasteiger partial charge < -0.3 is 5.11 Å². The third-order valence-corrected chi connectivity index (χ3v) is 3.36. The molecule has 1 aromatic rings. The van der Waals surface area contributed by atoms with E-state index in [1.165, 1.54) is 5.56 Å². The van der Waals surface area contributed by atoms with Gasteiger partial charge in [-0.1, -0.05) is 5.92 Å². The van der Waals surface area contributed by atoms with Crippen molar-refractivity contribution in [1.82, 2.24) is 9.78 Å². The van der Waals surface area contributed by atoms with Crippen molar-refractivity contribution in [2.24, 2.45) is 0 Å². The van der Waals surface area contributed by atoms with Crippen LogP contribution in [0.1, 0.15) is 17.0 Å². The van der Waals surface area contributed by atoms with Crippen LogP contribution in [0.15, 0.2) is 0 Å². The number of hydrogen-bond acceptors (Lipinski definition) is 3. The van der Waals surface area contributed by atoms with E-state index < -0.39 is 0 Å². The van der Waals surface area contributed by atoms with Crippen molar-refractivity contribution < 1.29 is 5.11 Å². The van der Waals surface area contributed by atoms with Crippen LogP contribution < -0.4 is 0 Å². The number of fused-ring (bicyclic) bond motifs is 1. The number of aromatic nitrogens is 2. The molecule has 1 aliphatic heterocycles. The van der Waals surface area contributed by atoms with Crippen molar-refractivity contribution in [1.29, 1.82) is 0 Å². The number of aliphatic hydroxyl groups is 1. The second kappa shape index (κ2) is 4.07. The molecular weight excluding hydrogens is 196 g/mol. The van der Waals surface area contributed by atoms with Crippen LogP contribution in [0.5, 0.6) is 0 Å². The topological polar surface area (TPSA) is 38.0 Å². The van der Waals surface area contributed by atoms with Crippen LogP contribution in [0.2, 0.25) is 0 Å². The molecule has 0 saturated carbocycles. The predicted octanol–water partition coefficient (Wildman–Crippen LogP) is 0.798.